The highest BCUT2D eigenvalue weighted by Crippen LogP contribution is 2.26. The minimum atomic E-state index is -1.36. The molecule has 48 heavy (non-hydrogen) atoms. The lowest BCUT2D eigenvalue weighted by molar-refractivity contribution is -0.131. The Balaban J connectivity index is 1.59. The molecule has 0 fully saturated rings. The van der Waals surface area contributed by atoms with E-state index in [1.807, 2.05) is 20.0 Å². The standard InChI is InChI=1S/C33H44ClN7O7/c1-19(2)15-27-31(44)35-10-13-40(33(46)25-16-20(3)48-22(25)5)12-9-24-18-41(39-38-24)11-6-14-47-28-8-7-23(17-26(28)34)30(43)37-29(21(4)42)32(45)36-27/h7-8,16-19,21,27,29,42H,6,9-15H2,1-5H3,(H,35,44)(H,36,45)(H,37,43)/t21-,27-,29+/m1/s1. The molecule has 2 aliphatic heterocycles. The number of carbonyl (C=O) groups is 4. The number of halogens is 1. The van der Waals surface area contributed by atoms with Crippen LogP contribution in [0.5, 0.6) is 5.75 Å². The van der Waals surface area contributed by atoms with Crippen molar-refractivity contribution in [1.29, 1.82) is 0 Å². The molecule has 0 radical (unpaired) electrons. The minimum absolute atomic E-state index is 0.0224. The van der Waals surface area contributed by atoms with E-state index >= 15 is 0 Å². The summed E-state index contributed by atoms with van der Waals surface area (Å²) in [5.41, 5.74) is 1.28. The van der Waals surface area contributed by atoms with E-state index < -0.39 is 35.9 Å². The molecule has 3 aromatic rings. The van der Waals surface area contributed by atoms with Crippen molar-refractivity contribution in [3.63, 3.8) is 0 Å². The molecular weight excluding hydrogens is 642 g/mol. The molecule has 4 amide bonds. The second-order valence-corrected chi connectivity index (χ2v) is 12.8. The summed E-state index contributed by atoms with van der Waals surface area (Å²) in [4.78, 5) is 55.1. The lowest BCUT2D eigenvalue weighted by atomic mass is 10.0. The van der Waals surface area contributed by atoms with Crippen molar-refractivity contribution < 1.29 is 33.4 Å². The van der Waals surface area contributed by atoms with Gasteiger partial charge >= 0.3 is 0 Å². The summed E-state index contributed by atoms with van der Waals surface area (Å²) in [6.45, 7) is 10.1. The van der Waals surface area contributed by atoms with Crippen molar-refractivity contribution in [2.45, 2.75) is 78.6 Å². The topological polar surface area (TPSA) is 181 Å². The van der Waals surface area contributed by atoms with E-state index in [1.54, 1.807) is 35.6 Å². The molecule has 3 atom stereocenters. The van der Waals surface area contributed by atoms with Gasteiger partial charge < -0.3 is 35.1 Å². The number of carbonyl (C=O) groups excluding carboxylic acids is 4. The van der Waals surface area contributed by atoms with Crippen LogP contribution in [0.4, 0.5) is 0 Å². The Labute approximate surface area is 284 Å². The smallest absolute Gasteiger partial charge is 0.257 e. The summed E-state index contributed by atoms with van der Waals surface area (Å²) >= 11 is 6.40. The number of furan rings is 1. The van der Waals surface area contributed by atoms with E-state index in [2.05, 4.69) is 26.3 Å². The van der Waals surface area contributed by atoms with E-state index in [0.717, 1.165) is 0 Å². The number of nitrogens with zero attached hydrogens (tertiary/aromatic N) is 4. The van der Waals surface area contributed by atoms with Crippen molar-refractivity contribution in [2.75, 3.05) is 26.2 Å². The number of aliphatic hydroxyl groups excluding tert-OH is 1. The molecule has 260 valence electrons. The number of amides is 4. The zero-order chi connectivity index (χ0) is 35.0. The maximum atomic E-state index is 13.6. The van der Waals surface area contributed by atoms with Crippen LogP contribution in [0.2, 0.25) is 5.02 Å². The van der Waals surface area contributed by atoms with Gasteiger partial charge in [0.15, 0.2) is 0 Å². The molecule has 0 saturated carbocycles. The third kappa shape index (κ3) is 9.80. The van der Waals surface area contributed by atoms with Crippen LogP contribution >= 0.6 is 11.6 Å². The van der Waals surface area contributed by atoms with Crippen LogP contribution < -0.4 is 20.7 Å². The van der Waals surface area contributed by atoms with Crippen molar-refractivity contribution >= 4 is 35.2 Å². The normalized spacial score (nSPS) is 19.6. The molecule has 0 unspecified atom stereocenters. The highest BCUT2D eigenvalue weighted by molar-refractivity contribution is 6.32. The van der Waals surface area contributed by atoms with Gasteiger partial charge in [0.25, 0.3) is 11.8 Å². The number of ether oxygens (including phenoxy) is 1. The number of hydrogen-bond donors (Lipinski definition) is 4. The van der Waals surface area contributed by atoms with Gasteiger partial charge in [0.1, 0.15) is 29.4 Å². The fourth-order valence-electron chi connectivity index (χ4n) is 5.34. The molecule has 0 aliphatic carbocycles. The van der Waals surface area contributed by atoms with E-state index in [1.165, 1.54) is 19.1 Å². The summed E-state index contributed by atoms with van der Waals surface area (Å²) in [7, 11) is 0. The van der Waals surface area contributed by atoms with Gasteiger partial charge in [-0.1, -0.05) is 30.7 Å². The van der Waals surface area contributed by atoms with Crippen LogP contribution in [0.3, 0.4) is 0 Å². The van der Waals surface area contributed by atoms with E-state index in [9.17, 15) is 24.3 Å². The summed E-state index contributed by atoms with van der Waals surface area (Å²) < 4.78 is 13.1. The Hall–Kier alpha value is -4.43. The van der Waals surface area contributed by atoms with Crippen LogP contribution in [0.25, 0.3) is 0 Å². The summed E-state index contributed by atoms with van der Waals surface area (Å²) in [6.07, 6.45) is 1.85. The predicted molar refractivity (Wildman–Crippen MR) is 177 cm³/mol. The van der Waals surface area contributed by atoms with E-state index in [-0.39, 0.29) is 35.5 Å². The van der Waals surface area contributed by atoms with Gasteiger partial charge in [0, 0.05) is 50.8 Å². The lowest BCUT2D eigenvalue weighted by Gasteiger charge is -2.26. The Morgan fingerprint density at radius 3 is 2.52 bits per heavy atom. The van der Waals surface area contributed by atoms with Gasteiger partial charge in [0.05, 0.1) is 29.0 Å². The van der Waals surface area contributed by atoms with Gasteiger partial charge in [-0.05, 0) is 57.4 Å². The Morgan fingerprint density at radius 2 is 1.85 bits per heavy atom. The lowest BCUT2D eigenvalue weighted by Crippen LogP contribution is -2.57. The Morgan fingerprint density at radius 1 is 1.08 bits per heavy atom. The third-order valence-corrected chi connectivity index (χ3v) is 8.13. The SMILES string of the molecule is Cc1cc(C(=O)N2CCNC(=O)[C@@H](CC(C)C)NC(=O)[C@H]([C@@H](C)O)NC(=O)c3ccc(c(Cl)c3)OCCCn3cc(nn3)CC2)c(C)o1. The highest BCUT2D eigenvalue weighted by atomic mass is 35.5. The number of aryl methyl sites for hydroxylation is 3. The zero-order valence-electron chi connectivity index (χ0n) is 27.9. The quantitative estimate of drug-likeness (QED) is 0.300. The van der Waals surface area contributed by atoms with Crippen molar-refractivity contribution in [2.24, 2.45) is 5.92 Å². The minimum Gasteiger partial charge on any atom is -0.492 e. The zero-order valence-corrected chi connectivity index (χ0v) is 28.7. The number of aromatic nitrogens is 3. The van der Waals surface area contributed by atoms with Crippen LogP contribution in [0.1, 0.15) is 71.5 Å². The van der Waals surface area contributed by atoms with E-state index in [0.29, 0.717) is 67.5 Å². The molecule has 5 rings (SSSR count). The third-order valence-electron chi connectivity index (χ3n) is 7.84. The van der Waals surface area contributed by atoms with Crippen LogP contribution in [0.15, 0.2) is 34.9 Å². The molecule has 1 aromatic carbocycles. The summed E-state index contributed by atoms with van der Waals surface area (Å²) in [5.74, 6) is -0.574. The van der Waals surface area contributed by atoms with Gasteiger partial charge in [-0.25, -0.2) is 0 Å². The first kappa shape index (κ1) is 36.4. The van der Waals surface area contributed by atoms with Gasteiger partial charge in [-0.3, -0.25) is 23.9 Å². The molecule has 15 heteroatoms. The first-order valence-electron chi connectivity index (χ1n) is 16.1. The fourth-order valence-corrected chi connectivity index (χ4v) is 5.57. The second-order valence-electron chi connectivity index (χ2n) is 12.4. The second kappa shape index (κ2) is 16.6. The van der Waals surface area contributed by atoms with Crippen molar-refractivity contribution in [3.05, 3.63) is 63.8 Å². The van der Waals surface area contributed by atoms with Crippen molar-refractivity contribution in [3.8, 4) is 5.75 Å². The first-order valence-corrected chi connectivity index (χ1v) is 16.4. The molecule has 4 heterocycles. The number of hydrogen-bond acceptors (Lipinski definition) is 9. The summed E-state index contributed by atoms with van der Waals surface area (Å²) in [6, 6.07) is 3.85. The largest absolute Gasteiger partial charge is 0.492 e. The maximum absolute atomic E-state index is 13.6. The Bertz CT molecular complexity index is 1600. The molecule has 4 bridgehead atoms. The summed E-state index contributed by atoms with van der Waals surface area (Å²) in [5, 5.41) is 27.2. The monoisotopic (exact) mass is 685 g/mol. The molecule has 2 aliphatic rings. The van der Waals surface area contributed by atoms with E-state index in [4.69, 9.17) is 20.8 Å². The predicted octanol–water partition coefficient (Wildman–Crippen LogP) is 2.44. The number of rotatable bonds is 4. The average Bonchev–Trinajstić information content (AvgIpc) is 3.63. The molecule has 2 aromatic heterocycles. The highest BCUT2D eigenvalue weighted by Gasteiger charge is 2.31. The number of nitrogens with one attached hydrogen (secondary N) is 3. The number of aliphatic hydroxyl groups is 1. The molecule has 14 nitrogen and oxygen atoms in total. The van der Waals surface area contributed by atoms with Crippen LogP contribution in [0, 0.1) is 19.8 Å². The van der Waals surface area contributed by atoms with Crippen LogP contribution in [-0.4, -0.2) is 93.1 Å². The van der Waals surface area contributed by atoms with Gasteiger partial charge in [-0.2, -0.15) is 0 Å². The van der Waals surface area contributed by atoms with Gasteiger partial charge in [0.2, 0.25) is 11.8 Å². The number of benzene rings is 1. The number of fused-ring (bicyclic) bond motifs is 17. The molecule has 0 saturated heterocycles. The average molecular weight is 686 g/mol. The molecule has 0 spiro atoms. The maximum Gasteiger partial charge on any atom is 0.257 e. The van der Waals surface area contributed by atoms with Gasteiger partial charge in [-0.15, -0.1) is 5.10 Å². The molecule has 4 N–H and O–H groups in total. The fraction of sp³-hybridized carbons (Fsp3) is 0.515. The van der Waals surface area contributed by atoms with Crippen molar-refractivity contribution in [1.82, 2.24) is 35.8 Å². The Kier molecular flexibility index (Phi) is 12.6. The first-order chi connectivity index (χ1) is 22.8. The molecular formula is C33H44ClN7O7. The van der Waals surface area contributed by atoms with Crippen LogP contribution in [-0.2, 0) is 22.6 Å².